The SMILES string of the molecule is O=C(Nc1cccc(F)c1)c1nnc(C2CCCN2C(=O)Nc2cccc(Br)c2)s1. The average Bonchev–Trinajstić information content (AvgIpc) is 3.37. The molecular weight excluding hydrogens is 473 g/mol. The molecule has 154 valence electrons. The molecule has 0 aliphatic carbocycles. The number of benzene rings is 2. The third kappa shape index (κ3) is 4.65. The summed E-state index contributed by atoms with van der Waals surface area (Å²) in [5, 5.41) is 14.4. The molecule has 30 heavy (non-hydrogen) atoms. The number of carbonyl (C=O) groups is 2. The van der Waals surface area contributed by atoms with Crippen molar-refractivity contribution in [3.8, 4) is 0 Å². The second kappa shape index (κ2) is 8.88. The van der Waals surface area contributed by atoms with Gasteiger partial charge in [0.25, 0.3) is 5.91 Å². The van der Waals surface area contributed by atoms with Crippen LogP contribution in [0.3, 0.4) is 0 Å². The van der Waals surface area contributed by atoms with E-state index in [9.17, 15) is 14.0 Å². The number of nitrogens with zero attached hydrogens (tertiary/aromatic N) is 3. The molecule has 2 N–H and O–H groups in total. The molecule has 2 aromatic carbocycles. The lowest BCUT2D eigenvalue weighted by Gasteiger charge is -2.23. The smallest absolute Gasteiger partial charge is 0.320 e. The Morgan fingerprint density at radius 1 is 1.10 bits per heavy atom. The Kier molecular flexibility index (Phi) is 6.05. The topological polar surface area (TPSA) is 87.2 Å². The first-order valence-corrected chi connectivity index (χ1v) is 10.8. The number of nitrogens with one attached hydrogen (secondary N) is 2. The van der Waals surface area contributed by atoms with E-state index >= 15 is 0 Å². The zero-order chi connectivity index (χ0) is 21.1. The zero-order valence-corrected chi connectivity index (χ0v) is 18.0. The highest BCUT2D eigenvalue weighted by atomic mass is 79.9. The molecule has 3 amide bonds. The van der Waals surface area contributed by atoms with Crippen LogP contribution in [-0.2, 0) is 0 Å². The van der Waals surface area contributed by atoms with Crippen molar-refractivity contribution < 1.29 is 14.0 Å². The minimum Gasteiger partial charge on any atom is -0.320 e. The van der Waals surface area contributed by atoms with Crippen LogP contribution in [0.25, 0.3) is 0 Å². The van der Waals surface area contributed by atoms with Crippen molar-refractivity contribution in [2.24, 2.45) is 0 Å². The number of aromatic nitrogens is 2. The normalized spacial score (nSPS) is 15.8. The molecule has 0 radical (unpaired) electrons. The Hall–Kier alpha value is -2.85. The molecule has 1 fully saturated rings. The molecule has 4 rings (SSSR count). The van der Waals surface area contributed by atoms with E-state index < -0.39 is 11.7 Å². The van der Waals surface area contributed by atoms with Crippen molar-refractivity contribution in [3.63, 3.8) is 0 Å². The third-order valence-electron chi connectivity index (χ3n) is 4.59. The van der Waals surface area contributed by atoms with E-state index in [1.54, 1.807) is 11.0 Å². The summed E-state index contributed by atoms with van der Waals surface area (Å²) in [7, 11) is 0. The highest BCUT2D eigenvalue weighted by Gasteiger charge is 2.33. The maximum atomic E-state index is 13.3. The molecule has 7 nitrogen and oxygen atoms in total. The molecule has 1 aliphatic rings. The van der Waals surface area contributed by atoms with Gasteiger partial charge in [0.1, 0.15) is 10.8 Å². The first-order valence-electron chi connectivity index (χ1n) is 9.23. The predicted molar refractivity (Wildman–Crippen MR) is 116 cm³/mol. The van der Waals surface area contributed by atoms with Crippen molar-refractivity contribution in [1.29, 1.82) is 0 Å². The van der Waals surface area contributed by atoms with Crippen molar-refractivity contribution in [1.82, 2.24) is 15.1 Å². The van der Waals surface area contributed by atoms with Gasteiger partial charge in [0.2, 0.25) is 5.01 Å². The summed E-state index contributed by atoms with van der Waals surface area (Å²) in [5.74, 6) is -0.906. The summed E-state index contributed by atoms with van der Waals surface area (Å²) in [6.07, 6.45) is 1.58. The van der Waals surface area contributed by atoms with E-state index in [-0.39, 0.29) is 17.1 Å². The van der Waals surface area contributed by atoms with Gasteiger partial charge in [-0.1, -0.05) is 39.4 Å². The van der Waals surface area contributed by atoms with E-state index in [1.807, 2.05) is 24.3 Å². The van der Waals surface area contributed by atoms with Crippen LogP contribution in [0, 0.1) is 5.82 Å². The van der Waals surface area contributed by atoms with Crippen LogP contribution in [0.1, 0.15) is 33.7 Å². The molecule has 1 aromatic heterocycles. The molecule has 0 saturated carbocycles. The van der Waals surface area contributed by atoms with Gasteiger partial charge in [-0.2, -0.15) is 0 Å². The third-order valence-corrected chi connectivity index (χ3v) is 6.11. The van der Waals surface area contributed by atoms with Gasteiger partial charge < -0.3 is 15.5 Å². The minimum absolute atomic E-state index is 0.161. The van der Waals surface area contributed by atoms with Crippen molar-refractivity contribution in [3.05, 3.63) is 68.8 Å². The summed E-state index contributed by atoms with van der Waals surface area (Å²) < 4.78 is 14.2. The number of amides is 3. The van der Waals surface area contributed by atoms with E-state index in [0.717, 1.165) is 28.7 Å². The molecule has 1 saturated heterocycles. The van der Waals surface area contributed by atoms with Crippen LogP contribution in [0.5, 0.6) is 0 Å². The number of hydrogen-bond acceptors (Lipinski definition) is 5. The highest BCUT2D eigenvalue weighted by molar-refractivity contribution is 9.10. The number of urea groups is 1. The second-order valence-corrected chi connectivity index (χ2v) is 8.63. The minimum atomic E-state index is -0.465. The fraction of sp³-hybridized carbons (Fsp3) is 0.200. The van der Waals surface area contributed by atoms with Crippen LogP contribution in [0.4, 0.5) is 20.6 Å². The van der Waals surface area contributed by atoms with Gasteiger partial charge in [0, 0.05) is 22.4 Å². The van der Waals surface area contributed by atoms with Gasteiger partial charge in [-0.3, -0.25) is 4.79 Å². The van der Waals surface area contributed by atoms with Crippen LogP contribution in [0.2, 0.25) is 0 Å². The number of likely N-dealkylation sites (tertiary alicyclic amines) is 1. The lowest BCUT2D eigenvalue weighted by Crippen LogP contribution is -2.34. The van der Waals surface area contributed by atoms with Crippen LogP contribution in [-0.4, -0.2) is 33.6 Å². The summed E-state index contributed by atoms with van der Waals surface area (Å²) in [6.45, 7) is 0.592. The second-order valence-electron chi connectivity index (χ2n) is 6.70. The largest absolute Gasteiger partial charge is 0.322 e. The Labute approximate surface area is 184 Å². The quantitative estimate of drug-likeness (QED) is 0.535. The molecule has 3 aromatic rings. The Morgan fingerprint density at radius 3 is 2.63 bits per heavy atom. The summed E-state index contributed by atoms with van der Waals surface area (Å²) in [4.78, 5) is 26.9. The number of halogens is 2. The molecule has 10 heteroatoms. The monoisotopic (exact) mass is 489 g/mol. The fourth-order valence-corrected chi connectivity index (χ4v) is 4.53. The highest BCUT2D eigenvalue weighted by Crippen LogP contribution is 2.34. The lowest BCUT2D eigenvalue weighted by atomic mass is 10.2. The van der Waals surface area contributed by atoms with Crippen molar-refractivity contribution >= 4 is 50.6 Å². The van der Waals surface area contributed by atoms with Crippen molar-refractivity contribution in [2.75, 3.05) is 17.2 Å². The van der Waals surface area contributed by atoms with Gasteiger partial charge >= 0.3 is 6.03 Å². The fourth-order valence-electron chi connectivity index (χ4n) is 3.24. The maximum absolute atomic E-state index is 13.3. The number of rotatable bonds is 4. The molecule has 0 bridgehead atoms. The summed E-state index contributed by atoms with van der Waals surface area (Å²) in [5.41, 5.74) is 1.03. The molecule has 0 spiro atoms. The van der Waals surface area contributed by atoms with Gasteiger partial charge in [-0.15, -0.1) is 10.2 Å². The molecule has 1 unspecified atom stereocenters. The lowest BCUT2D eigenvalue weighted by molar-refractivity contribution is 0.102. The van der Waals surface area contributed by atoms with Gasteiger partial charge in [-0.05, 0) is 49.2 Å². The van der Waals surface area contributed by atoms with Gasteiger partial charge in [0.15, 0.2) is 0 Å². The predicted octanol–water partition coefficient (Wildman–Crippen LogP) is 5.06. The van der Waals surface area contributed by atoms with Crippen molar-refractivity contribution in [2.45, 2.75) is 18.9 Å². The Bertz CT molecular complexity index is 1090. The summed E-state index contributed by atoms with van der Waals surface area (Å²) >= 11 is 4.52. The first-order chi connectivity index (χ1) is 14.5. The van der Waals surface area contributed by atoms with E-state index in [4.69, 9.17) is 0 Å². The maximum Gasteiger partial charge on any atom is 0.322 e. The molecule has 1 aliphatic heterocycles. The van der Waals surface area contributed by atoms with Gasteiger partial charge in [-0.25, -0.2) is 9.18 Å². The van der Waals surface area contributed by atoms with E-state index in [0.29, 0.717) is 22.9 Å². The van der Waals surface area contributed by atoms with Gasteiger partial charge in [0.05, 0.1) is 6.04 Å². The standard InChI is InChI=1S/C20H17BrFN5O2S/c21-12-4-1-6-14(10-12)24-20(29)27-9-3-8-16(27)18-25-26-19(30-18)17(28)23-15-7-2-5-13(22)11-15/h1-2,4-7,10-11,16H,3,8-9H2,(H,23,28)(H,24,29). The first kappa shape index (κ1) is 20.4. The number of anilines is 2. The Morgan fingerprint density at radius 2 is 1.87 bits per heavy atom. The van der Waals surface area contributed by atoms with Crippen LogP contribution in [0.15, 0.2) is 53.0 Å². The van der Waals surface area contributed by atoms with Crippen LogP contribution >= 0.6 is 27.3 Å². The number of hydrogen-bond donors (Lipinski definition) is 2. The summed E-state index contributed by atoms with van der Waals surface area (Å²) in [6, 6.07) is 12.5. The molecular formula is C20H17BrFN5O2S. The van der Waals surface area contributed by atoms with E-state index in [1.165, 1.54) is 18.2 Å². The van der Waals surface area contributed by atoms with E-state index in [2.05, 4.69) is 36.8 Å². The zero-order valence-electron chi connectivity index (χ0n) is 15.6. The Balaban J connectivity index is 1.45. The average molecular weight is 490 g/mol. The van der Waals surface area contributed by atoms with Crippen LogP contribution < -0.4 is 10.6 Å². The number of carbonyl (C=O) groups excluding carboxylic acids is 2. The molecule has 1 atom stereocenters. The molecule has 2 heterocycles.